The third-order valence-corrected chi connectivity index (χ3v) is 5.68. The maximum absolute atomic E-state index is 5.81. The molecule has 1 fully saturated rings. The topological polar surface area (TPSA) is 118 Å². The van der Waals surface area contributed by atoms with Crippen molar-refractivity contribution in [2.24, 2.45) is 16.6 Å². The van der Waals surface area contributed by atoms with Gasteiger partial charge >= 0.3 is 0 Å². The molecule has 0 amide bonds. The molecule has 0 unspecified atom stereocenters. The lowest BCUT2D eigenvalue weighted by Crippen LogP contribution is -2.28. The number of nitrogens with zero attached hydrogens (tertiary/aromatic N) is 4. The minimum Gasteiger partial charge on any atom is -0.404 e. The summed E-state index contributed by atoms with van der Waals surface area (Å²) < 4.78 is 5.52. The zero-order chi connectivity index (χ0) is 21.1. The summed E-state index contributed by atoms with van der Waals surface area (Å²) in [5.41, 5.74) is 9.19. The first-order valence-corrected chi connectivity index (χ1v) is 9.83. The number of hydrogen-bond donors (Lipinski definition) is 3. The van der Waals surface area contributed by atoms with Gasteiger partial charge in [-0.25, -0.2) is 4.99 Å². The van der Waals surface area contributed by atoms with E-state index in [9.17, 15) is 0 Å². The van der Waals surface area contributed by atoms with E-state index < -0.39 is 0 Å². The highest BCUT2D eigenvalue weighted by Gasteiger charge is 2.47. The maximum Gasteiger partial charge on any atom is 0.261 e. The second-order valence-corrected chi connectivity index (χ2v) is 7.54. The monoisotopic (exact) mass is 403 g/mol. The quantitative estimate of drug-likeness (QED) is 0.497. The van der Waals surface area contributed by atoms with Gasteiger partial charge in [0.05, 0.1) is 17.2 Å². The van der Waals surface area contributed by atoms with Gasteiger partial charge < -0.3 is 15.6 Å². The molecular formula is C22H25N7O. The molecule has 0 saturated heterocycles. The maximum atomic E-state index is 5.81. The summed E-state index contributed by atoms with van der Waals surface area (Å²) in [7, 11) is 1.77. The van der Waals surface area contributed by atoms with Crippen LogP contribution in [0.3, 0.4) is 0 Å². The van der Waals surface area contributed by atoms with Crippen molar-refractivity contribution in [2.75, 3.05) is 7.05 Å². The lowest BCUT2D eigenvalue weighted by molar-refractivity contribution is 0.386. The van der Waals surface area contributed by atoms with E-state index >= 15 is 0 Å². The smallest absolute Gasteiger partial charge is 0.261 e. The summed E-state index contributed by atoms with van der Waals surface area (Å²) in [6, 6.07) is 8.29. The van der Waals surface area contributed by atoms with E-state index in [0.29, 0.717) is 23.5 Å². The number of hydrogen-bond acceptors (Lipinski definition) is 7. The fraction of sp³-hybridized carbons (Fsp3) is 0.273. The number of aliphatic imine (C=N–C) groups is 1. The molecule has 8 heteroatoms. The zero-order valence-corrected chi connectivity index (χ0v) is 17.1. The number of nitrogens with one attached hydrogen (secondary N) is 2. The first kappa shape index (κ1) is 19.6. The van der Waals surface area contributed by atoms with Crippen LogP contribution in [0.2, 0.25) is 0 Å². The van der Waals surface area contributed by atoms with Crippen LogP contribution in [0.4, 0.5) is 0 Å². The van der Waals surface area contributed by atoms with Crippen molar-refractivity contribution in [3.05, 3.63) is 72.2 Å². The third-order valence-electron chi connectivity index (χ3n) is 5.68. The van der Waals surface area contributed by atoms with Crippen molar-refractivity contribution in [3.63, 3.8) is 0 Å². The molecule has 1 saturated carbocycles. The molecular weight excluding hydrogens is 378 g/mol. The van der Waals surface area contributed by atoms with Crippen LogP contribution < -0.4 is 11.1 Å². The number of rotatable bonds is 8. The standard InChI is InChI=1S/C22H25N7O/c1-14(24-3)25-11-16(10-23)15-4-6-18(7-5-15)22(2,19-8-9-19)21-28-20(30-29-21)17-12-26-27-13-17/h4-7,10-13,19,24H,1,8-9,23H2,2-3H3,(H,26,27)/b16-10+,25-11?/t22-/m0/s1. The summed E-state index contributed by atoms with van der Waals surface area (Å²) in [5.74, 6) is 2.20. The van der Waals surface area contributed by atoms with Crippen molar-refractivity contribution in [3.8, 4) is 11.5 Å². The van der Waals surface area contributed by atoms with E-state index in [1.807, 2.05) is 12.1 Å². The molecule has 1 aliphatic rings. The minimum absolute atomic E-state index is 0.328. The molecule has 2 aromatic heterocycles. The van der Waals surface area contributed by atoms with Gasteiger partial charge in [-0.05, 0) is 36.8 Å². The molecule has 0 bridgehead atoms. The number of H-pyrrole nitrogens is 1. The Morgan fingerprint density at radius 1 is 1.37 bits per heavy atom. The highest BCUT2D eigenvalue weighted by molar-refractivity contribution is 6.09. The average Bonchev–Trinajstić information content (AvgIpc) is 3.27. The Bertz CT molecular complexity index is 1080. The summed E-state index contributed by atoms with van der Waals surface area (Å²) in [4.78, 5) is 8.94. The van der Waals surface area contributed by atoms with Crippen molar-refractivity contribution in [1.82, 2.24) is 25.7 Å². The molecule has 3 aromatic rings. The zero-order valence-electron chi connectivity index (χ0n) is 17.1. The molecule has 8 nitrogen and oxygen atoms in total. The molecule has 1 aromatic carbocycles. The number of aromatic nitrogens is 4. The van der Waals surface area contributed by atoms with Crippen LogP contribution >= 0.6 is 0 Å². The molecule has 2 heterocycles. The summed E-state index contributed by atoms with van der Waals surface area (Å²) in [6.07, 6.45) is 8.93. The molecule has 1 atom stereocenters. The SMILES string of the molecule is C=C(N=C/C(=C\N)c1ccc([C@](C)(c2noc(-c3cn[nH]c3)n2)C2CC2)cc1)NC. The normalized spacial score (nSPS) is 16.5. The summed E-state index contributed by atoms with van der Waals surface area (Å²) in [6.45, 7) is 5.98. The Kier molecular flexibility index (Phi) is 5.22. The third kappa shape index (κ3) is 3.63. The van der Waals surface area contributed by atoms with Gasteiger partial charge in [-0.2, -0.15) is 10.1 Å². The van der Waals surface area contributed by atoms with Crippen LogP contribution in [0.25, 0.3) is 17.0 Å². The summed E-state index contributed by atoms with van der Waals surface area (Å²) in [5, 5.41) is 13.9. The minimum atomic E-state index is -0.328. The van der Waals surface area contributed by atoms with E-state index in [4.69, 9.17) is 10.3 Å². The molecule has 4 N–H and O–H groups in total. The van der Waals surface area contributed by atoms with E-state index in [2.05, 4.69) is 56.3 Å². The van der Waals surface area contributed by atoms with Gasteiger partial charge in [0.25, 0.3) is 5.89 Å². The van der Waals surface area contributed by atoms with E-state index in [1.54, 1.807) is 25.7 Å². The lowest BCUT2D eigenvalue weighted by atomic mass is 9.76. The molecule has 0 spiro atoms. The van der Waals surface area contributed by atoms with Gasteiger partial charge in [0.1, 0.15) is 5.82 Å². The van der Waals surface area contributed by atoms with Crippen LogP contribution in [-0.2, 0) is 5.41 Å². The predicted octanol–water partition coefficient (Wildman–Crippen LogP) is 3.24. The van der Waals surface area contributed by atoms with E-state index in [1.165, 1.54) is 6.20 Å². The fourth-order valence-corrected chi connectivity index (χ4v) is 3.56. The van der Waals surface area contributed by atoms with Crippen molar-refractivity contribution in [2.45, 2.75) is 25.2 Å². The van der Waals surface area contributed by atoms with Crippen LogP contribution in [0.5, 0.6) is 0 Å². The molecule has 0 aliphatic heterocycles. The van der Waals surface area contributed by atoms with Gasteiger partial charge in [-0.3, -0.25) is 5.10 Å². The van der Waals surface area contributed by atoms with Crippen molar-refractivity contribution < 1.29 is 4.52 Å². The number of allylic oxidation sites excluding steroid dienone is 1. The van der Waals surface area contributed by atoms with Gasteiger partial charge in [-0.15, -0.1) is 0 Å². The van der Waals surface area contributed by atoms with E-state index in [0.717, 1.165) is 35.1 Å². The van der Waals surface area contributed by atoms with Crippen LogP contribution in [0, 0.1) is 5.92 Å². The highest BCUT2D eigenvalue weighted by atomic mass is 16.5. The van der Waals surface area contributed by atoms with Gasteiger partial charge in [0.15, 0.2) is 5.82 Å². The molecule has 30 heavy (non-hydrogen) atoms. The molecule has 4 rings (SSSR count). The molecule has 0 radical (unpaired) electrons. The Balaban J connectivity index is 1.64. The predicted molar refractivity (Wildman–Crippen MR) is 116 cm³/mol. The lowest BCUT2D eigenvalue weighted by Gasteiger charge is -2.27. The van der Waals surface area contributed by atoms with E-state index in [-0.39, 0.29) is 5.41 Å². The molecule has 1 aliphatic carbocycles. The largest absolute Gasteiger partial charge is 0.404 e. The highest BCUT2D eigenvalue weighted by Crippen LogP contribution is 2.50. The summed E-state index contributed by atoms with van der Waals surface area (Å²) >= 11 is 0. The van der Waals surface area contributed by atoms with Gasteiger partial charge in [0.2, 0.25) is 0 Å². The van der Waals surface area contributed by atoms with Crippen LogP contribution in [0.15, 0.2) is 64.8 Å². The van der Waals surface area contributed by atoms with Crippen LogP contribution in [0.1, 0.15) is 36.7 Å². The first-order valence-electron chi connectivity index (χ1n) is 9.83. The Morgan fingerprint density at radius 2 is 2.13 bits per heavy atom. The Morgan fingerprint density at radius 3 is 2.73 bits per heavy atom. The number of aromatic amines is 1. The second kappa shape index (κ2) is 7.98. The Labute approximate surface area is 175 Å². The average molecular weight is 403 g/mol. The number of nitrogens with two attached hydrogens (primary N) is 1. The Hall–Kier alpha value is -3.68. The first-order chi connectivity index (χ1) is 14.6. The van der Waals surface area contributed by atoms with Gasteiger partial charge in [-0.1, -0.05) is 36.0 Å². The van der Waals surface area contributed by atoms with Crippen LogP contribution in [-0.4, -0.2) is 33.6 Å². The second-order valence-electron chi connectivity index (χ2n) is 7.54. The number of benzene rings is 1. The van der Waals surface area contributed by atoms with Crippen molar-refractivity contribution >= 4 is 11.8 Å². The van der Waals surface area contributed by atoms with Gasteiger partial charge in [0, 0.05) is 31.2 Å². The molecule has 154 valence electrons. The fourth-order valence-electron chi connectivity index (χ4n) is 3.56. The van der Waals surface area contributed by atoms with Crippen molar-refractivity contribution in [1.29, 1.82) is 0 Å².